The van der Waals surface area contributed by atoms with Crippen LogP contribution in [0.15, 0.2) is 29.1 Å². The molecular weight excluding hydrogens is 300 g/mol. The van der Waals surface area contributed by atoms with Gasteiger partial charge in [-0.15, -0.1) is 15.3 Å². The molecule has 8 heteroatoms. The van der Waals surface area contributed by atoms with E-state index in [-0.39, 0.29) is 15.7 Å². The SMILES string of the molecule is CCOc1ccc(-c2nnc3sc(Cl)nn3c2=O)cc1. The number of ether oxygens (including phenoxy) is 1. The van der Waals surface area contributed by atoms with Gasteiger partial charge in [-0.1, -0.05) is 11.3 Å². The van der Waals surface area contributed by atoms with Gasteiger partial charge in [-0.3, -0.25) is 4.79 Å². The lowest BCUT2D eigenvalue weighted by Crippen LogP contribution is -2.18. The first kappa shape index (κ1) is 13.0. The zero-order valence-corrected chi connectivity index (χ0v) is 12.0. The van der Waals surface area contributed by atoms with Gasteiger partial charge in [0.25, 0.3) is 0 Å². The fraction of sp³-hybridized carbons (Fsp3) is 0.167. The number of rotatable bonds is 3. The molecule has 20 heavy (non-hydrogen) atoms. The lowest BCUT2D eigenvalue weighted by molar-refractivity contribution is 0.340. The second-order valence-corrected chi connectivity index (χ2v) is 5.40. The Balaban J connectivity index is 2.09. The second kappa shape index (κ2) is 5.18. The van der Waals surface area contributed by atoms with Crippen LogP contribution in [0.4, 0.5) is 0 Å². The summed E-state index contributed by atoms with van der Waals surface area (Å²) in [5.41, 5.74) is 0.541. The summed E-state index contributed by atoms with van der Waals surface area (Å²) in [4.78, 5) is 12.6. The van der Waals surface area contributed by atoms with Crippen LogP contribution in [0.25, 0.3) is 16.2 Å². The normalized spacial score (nSPS) is 10.9. The molecule has 0 atom stereocenters. The van der Waals surface area contributed by atoms with Crippen LogP contribution in [0.2, 0.25) is 4.47 Å². The van der Waals surface area contributed by atoms with Crippen molar-refractivity contribution in [1.29, 1.82) is 0 Å². The van der Waals surface area contributed by atoms with Crippen molar-refractivity contribution in [3.05, 3.63) is 39.1 Å². The van der Waals surface area contributed by atoms with Gasteiger partial charge in [-0.25, -0.2) is 0 Å². The van der Waals surface area contributed by atoms with E-state index in [1.807, 2.05) is 6.92 Å². The second-order valence-electron chi connectivity index (χ2n) is 3.86. The van der Waals surface area contributed by atoms with Crippen LogP contribution >= 0.6 is 22.9 Å². The van der Waals surface area contributed by atoms with Crippen molar-refractivity contribution in [1.82, 2.24) is 19.8 Å². The summed E-state index contributed by atoms with van der Waals surface area (Å²) in [6, 6.07) is 7.08. The van der Waals surface area contributed by atoms with Gasteiger partial charge < -0.3 is 4.74 Å². The summed E-state index contributed by atoms with van der Waals surface area (Å²) in [5.74, 6) is 0.738. The van der Waals surface area contributed by atoms with Gasteiger partial charge in [0.1, 0.15) is 5.75 Å². The van der Waals surface area contributed by atoms with Crippen LogP contribution in [0.1, 0.15) is 6.92 Å². The van der Waals surface area contributed by atoms with Crippen molar-refractivity contribution in [2.24, 2.45) is 0 Å². The highest BCUT2D eigenvalue weighted by atomic mass is 35.5. The number of halogens is 1. The standard InChI is InChI=1S/C12H9ClN4O2S/c1-2-19-8-5-3-7(4-6-8)9-10(18)17-12(15-14-9)20-11(13)16-17/h3-6H,2H2,1H3. The molecule has 3 aromatic rings. The number of benzene rings is 1. The van der Waals surface area contributed by atoms with Gasteiger partial charge in [0.2, 0.25) is 9.43 Å². The Morgan fingerprint density at radius 1 is 1.30 bits per heavy atom. The van der Waals surface area contributed by atoms with E-state index in [1.54, 1.807) is 24.3 Å². The predicted octanol–water partition coefficient (Wildman–Crippen LogP) is 2.27. The smallest absolute Gasteiger partial charge is 0.302 e. The fourth-order valence-corrected chi connectivity index (χ4v) is 2.60. The molecule has 6 nitrogen and oxygen atoms in total. The molecule has 0 aliphatic rings. The van der Waals surface area contributed by atoms with Crippen molar-refractivity contribution in [2.45, 2.75) is 6.92 Å². The summed E-state index contributed by atoms with van der Waals surface area (Å²) >= 11 is 6.88. The number of fused-ring (bicyclic) bond motifs is 1. The molecule has 2 heterocycles. The Morgan fingerprint density at radius 3 is 2.75 bits per heavy atom. The zero-order chi connectivity index (χ0) is 14.1. The largest absolute Gasteiger partial charge is 0.494 e. The Labute approximate surface area is 122 Å². The van der Waals surface area contributed by atoms with Gasteiger partial charge in [0, 0.05) is 5.56 Å². The highest BCUT2D eigenvalue weighted by molar-refractivity contribution is 7.20. The molecule has 0 spiro atoms. The fourth-order valence-electron chi connectivity index (χ4n) is 1.75. The zero-order valence-electron chi connectivity index (χ0n) is 10.4. The minimum atomic E-state index is -0.345. The van der Waals surface area contributed by atoms with Gasteiger partial charge in [-0.2, -0.15) is 4.52 Å². The molecule has 0 radical (unpaired) electrons. The molecule has 3 rings (SSSR count). The lowest BCUT2D eigenvalue weighted by atomic mass is 10.1. The maximum absolute atomic E-state index is 12.3. The van der Waals surface area contributed by atoms with E-state index in [0.29, 0.717) is 17.1 Å². The van der Waals surface area contributed by atoms with Crippen LogP contribution in [0, 0.1) is 0 Å². The molecule has 102 valence electrons. The van der Waals surface area contributed by atoms with Crippen LogP contribution in [-0.4, -0.2) is 26.4 Å². The molecule has 0 amide bonds. The number of aromatic nitrogens is 4. The first-order valence-electron chi connectivity index (χ1n) is 5.84. The summed E-state index contributed by atoms with van der Waals surface area (Å²) in [7, 11) is 0. The van der Waals surface area contributed by atoms with E-state index >= 15 is 0 Å². The quantitative estimate of drug-likeness (QED) is 0.742. The van der Waals surface area contributed by atoms with E-state index in [0.717, 1.165) is 21.6 Å². The van der Waals surface area contributed by atoms with Gasteiger partial charge >= 0.3 is 5.56 Å². The van der Waals surface area contributed by atoms with Crippen molar-refractivity contribution >= 4 is 27.9 Å². The van der Waals surface area contributed by atoms with Gasteiger partial charge in [0.05, 0.1) is 6.61 Å². The number of hydrogen-bond donors (Lipinski definition) is 0. The first-order chi connectivity index (χ1) is 9.69. The monoisotopic (exact) mass is 308 g/mol. The molecule has 0 fully saturated rings. The highest BCUT2D eigenvalue weighted by Gasteiger charge is 2.12. The molecule has 0 aliphatic heterocycles. The van der Waals surface area contributed by atoms with E-state index < -0.39 is 0 Å². The third kappa shape index (κ3) is 2.25. The van der Waals surface area contributed by atoms with Crippen LogP contribution in [-0.2, 0) is 0 Å². The predicted molar refractivity (Wildman–Crippen MR) is 76.5 cm³/mol. The third-order valence-corrected chi connectivity index (χ3v) is 3.60. The summed E-state index contributed by atoms with van der Waals surface area (Å²) < 4.78 is 6.76. The van der Waals surface area contributed by atoms with Crippen molar-refractivity contribution in [2.75, 3.05) is 6.61 Å². The van der Waals surface area contributed by atoms with E-state index in [2.05, 4.69) is 15.3 Å². The van der Waals surface area contributed by atoms with Crippen LogP contribution in [0.3, 0.4) is 0 Å². The molecule has 2 aromatic heterocycles. The summed E-state index contributed by atoms with van der Waals surface area (Å²) in [5, 5.41) is 11.8. The maximum atomic E-state index is 12.3. The molecule has 0 saturated carbocycles. The van der Waals surface area contributed by atoms with Gasteiger partial charge in [-0.05, 0) is 42.8 Å². The van der Waals surface area contributed by atoms with Gasteiger partial charge in [0.15, 0.2) is 5.69 Å². The van der Waals surface area contributed by atoms with Crippen molar-refractivity contribution in [3.63, 3.8) is 0 Å². The van der Waals surface area contributed by atoms with E-state index in [4.69, 9.17) is 16.3 Å². The lowest BCUT2D eigenvalue weighted by Gasteiger charge is -2.03. The topological polar surface area (TPSA) is 69.4 Å². The highest BCUT2D eigenvalue weighted by Crippen LogP contribution is 2.20. The molecule has 0 saturated heterocycles. The molecule has 1 aromatic carbocycles. The Morgan fingerprint density at radius 2 is 2.05 bits per heavy atom. The Hall–Kier alpha value is -1.99. The van der Waals surface area contributed by atoms with Crippen LogP contribution < -0.4 is 10.3 Å². The minimum absolute atomic E-state index is 0.229. The maximum Gasteiger partial charge on any atom is 0.302 e. The summed E-state index contributed by atoms with van der Waals surface area (Å²) in [6.07, 6.45) is 0. The third-order valence-electron chi connectivity index (χ3n) is 2.60. The van der Waals surface area contributed by atoms with Crippen LogP contribution in [0.5, 0.6) is 5.75 Å². The molecule has 0 aliphatic carbocycles. The minimum Gasteiger partial charge on any atom is -0.494 e. The van der Waals surface area contributed by atoms with Crippen molar-refractivity contribution < 1.29 is 4.74 Å². The molecule has 0 bridgehead atoms. The van der Waals surface area contributed by atoms with E-state index in [1.165, 1.54) is 0 Å². The first-order valence-corrected chi connectivity index (χ1v) is 7.04. The number of hydrogen-bond acceptors (Lipinski definition) is 6. The summed E-state index contributed by atoms with van der Waals surface area (Å²) in [6.45, 7) is 2.50. The average Bonchev–Trinajstić information content (AvgIpc) is 2.82. The van der Waals surface area contributed by atoms with Crippen molar-refractivity contribution in [3.8, 4) is 17.0 Å². The number of nitrogens with zero attached hydrogens (tertiary/aromatic N) is 4. The Bertz CT molecular complexity index is 812. The molecule has 0 N–H and O–H groups in total. The Kier molecular flexibility index (Phi) is 3.37. The average molecular weight is 309 g/mol. The van der Waals surface area contributed by atoms with E-state index in [9.17, 15) is 4.79 Å². The molecular formula is C12H9ClN4O2S. The molecule has 0 unspecified atom stereocenters.